The number of ether oxygens (including phenoxy) is 2. The molecule has 2 aliphatic heterocycles. The van der Waals surface area contributed by atoms with Gasteiger partial charge in [0.1, 0.15) is 0 Å². The van der Waals surface area contributed by atoms with E-state index >= 15 is 0 Å². The molecule has 1 aromatic carbocycles. The predicted octanol–water partition coefficient (Wildman–Crippen LogP) is 1.25. The van der Waals surface area contributed by atoms with Gasteiger partial charge in [0.25, 0.3) is 0 Å². The summed E-state index contributed by atoms with van der Waals surface area (Å²) in [5.74, 6) is 1.61. The molecule has 0 saturated carbocycles. The third-order valence-electron chi connectivity index (χ3n) is 4.08. The highest BCUT2D eigenvalue weighted by Crippen LogP contribution is 2.35. The van der Waals surface area contributed by atoms with Gasteiger partial charge < -0.3 is 20.1 Å². The van der Waals surface area contributed by atoms with Crippen LogP contribution >= 0.6 is 0 Å². The number of rotatable bonds is 2. The largest absolute Gasteiger partial charge is 0.454 e. The maximum atomic E-state index is 12.0. The third kappa shape index (κ3) is 1.94. The Balaban J connectivity index is 1.83. The zero-order valence-electron chi connectivity index (χ0n) is 11.2. The van der Waals surface area contributed by atoms with E-state index in [1.54, 1.807) is 0 Å². The molecule has 102 valence electrons. The van der Waals surface area contributed by atoms with Crippen molar-refractivity contribution in [2.24, 2.45) is 5.73 Å². The maximum absolute atomic E-state index is 12.0. The number of hydrogen-bond acceptors (Lipinski definition) is 4. The van der Waals surface area contributed by atoms with Crippen LogP contribution in [-0.2, 0) is 11.3 Å². The lowest BCUT2D eigenvalue weighted by Gasteiger charge is -2.34. The first-order chi connectivity index (χ1) is 8.98. The van der Waals surface area contributed by atoms with Crippen molar-refractivity contribution in [3.05, 3.63) is 23.8 Å². The Bertz CT molecular complexity index is 527. The number of hydrogen-bond donors (Lipinski definition) is 1. The number of fused-ring (bicyclic) bond motifs is 1. The SMILES string of the molecule is CC1(C)C(N)CC(=O)N1Cc1ccc2c(c1)OCO2. The molecule has 1 amide bonds. The Hall–Kier alpha value is -1.75. The average Bonchev–Trinajstić information content (AvgIpc) is 2.88. The van der Waals surface area contributed by atoms with Crippen molar-refractivity contribution in [1.82, 2.24) is 4.90 Å². The van der Waals surface area contributed by atoms with Crippen LogP contribution in [-0.4, -0.2) is 29.2 Å². The van der Waals surface area contributed by atoms with Crippen LogP contribution in [0.1, 0.15) is 25.8 Å². The molecule has 2 heterocycles. The molecule has 1 aromatic rings. The lowest BCUT2D eigenvalue weighted by Crippen LogP contribution is -2.49. The van der Waals surface area contributed by atoms with Crippen LogP contribution in [0, 0.1) is 0 Å². The van der Waals surface area contributed by atoms with Crippen molar-refractivity contribution in [3.63, 3.8) is 0 Å². The van der Waals surface area contributed by atoms with E-state index in [-0.39, 0.29) is 24.3 Å². The monoisotopic (exact) mass is 262 g/mol. The summed E-state index contributed by atoms with van der Waals surface area (Å²) in [5.41, 5.74) is 6.75. The van der Waals surface area contributed by atoms with E-state index in [2.05, 4.69) is 0 Å². The highest BCUT2D eigenvalue weighted by molar-refractivity contribution is 5.80. The molecule has 1 unspecified atom stereocenters. The van der Waals surface area contributed by atoms with Crippen molar-refractivity contribution >= 4 is 5.91 Å². The Morgan fingerprint density at radius 3 is 2.79 bits per heavy atom. The lowest BCUT2D eigenvalue weighted by atomic mass is 9.96. The second-order valence-corrected chi connectivity index (χ2v) is 5.63. The van der Waals surface area contributed by atoms with E-state index in [0.29, 0.717) is 13.0 Å². The van der Waals surface area contributed by atoms with Gasteiger partial charge in [0.2, 0.25) is 12.7 Å². The molecule has 0 bridgehead atoms. The van der Waals surface area contributed by atoms with Gasteiger partial charge in [0.15, 0.2) is 11.5 Å². The third-order valence-corrected chi connectivity index (χ3v) is 4.08. The molecular formula is C14H18N2O3. The van der Waals surface area contributed by atoms with Crippen molar-refractivity contribution in [2.45, 2.75) is 38.4 Å². The van der Waals surface area contributed by atoms with Crippen LogP contribution < -0.4 is 15.2 Å². The second kappa shape index (κ2) is 4.13. The van der Waals surface area contributed by atoms with Gasteiger partial charge in [0, 0.05) is 19.0 Å². The fourth-order valence-electron chi connectivity index (χ4n) is 2.58. The summed E-state index contributed by atoms with van der Waals surface area (Å²) in [6.07, 6.45) is 0.414. The minimum atomic E-state index is -0.312. The molecule has 0 aliphatic carbocycles. The van der Waals surface area contributed by atoms with Crippen LogP contribution in [0.25, 0.3) is 0 Å². The fraction of sp³-hybridized carbons (Fsp3) is 0.500. The van der Waals surface area contributed by atoms with Crippen LogP contribution in [0.4, 0.5) is 0 Å². The smallest absolute Gasteiger partial charge is 0.231 e. The van der Waals surface area contributed by atoms with E-state index in [1.807, 2.05) is 36.9 Å². The standard InChI is InChI=1S/C14H18N2O3/c1-14(2)12(15)6-13(17)16(14)7-9-3-4-10-11(5-9)19-8-18-10/h3-5,12H,6-8,15H2,1-2H3. The van der Waals surface area contributed by atoms with Gasteiger partial charge in [-0.25, -0.2) is 0 Å². The van der Waals surface area contributed by atoms with Gasteiger partial charge in [0.05, 0.1) is 5.54 Å². The molecule has 3 rings (SSSR count). The molecule has 0 spiro atoms. The van der Waals surface area contributed by atoms with E-state index in [4.69, 9.17) is 15.2 Å². The van der Waals surface area contributed by atoms with Crippen molar-refractivity contribution in [2.75, 3.05) is 6.79 Å². The average molecular weight is 262 g/mol. The normalized spacial score (nSPS) is 24.1. The van der Waals surface area contributed by atoms with Gasteiger partial charge in [-0.3, -0.25) is 4.79 Å². The van der Waals surface area contributed by atoms with Crippen LogP contribution in [0.3, 0.4) is 0 Å². The Morgan fingerprint density at radius 2 is 2.11 bits per heavy atom. The van der Waals surface area contributed by atoms with E-state index in [0.717, 1.165) is 17.1 Å². The molecule has 5 heteroatoms. The summed E-state index contributed by atoms with van der Waals surface area (Å²) in [6, 6.07) is 5.65. The minimum absolute atomic E-state index is 0.107. The molecular weight excluding hydrogens is 244 g/mol. The van der Waals surface area contributed by atoms with E-state index < -0.39 is 0 Å². The Morgan fingerprint density at radius 1 is 1.37 bits per heavy atom. The summed E-state index contributed by atoms with van der Waals surface area (Å²) in [7, 11) is 0. The van der Waals surface area contributed by atoms with Crippen LogP contribution in [0.2, 0.25) is 0 Å². The fourth-order valence-corrected chi connectivity index (χ4v) is 2.58. The quantitative estimate of drug-likeness (QED) is 0.871. The highest BCUT2D eigenvalue weighted by Gasteiger charge is 2.44. The van der Waals surface area contributed by atoms with Gasteiger partial charge in [-0.15, -0.1) is 0 Å². The minimum Gasteiger partial charge on any atom is -0.454 e. The van der Waals surface area contributed by atoms with Gasteiger partial charge >= 0.3 is 0 Å². The molecule has 1 fully saturated rings. The molecule has 0 radical (unpaired) electrons. The molecule has 5 nitrogen and oxygen atoms in total. The second-order valence-electron chi connectivity index (χ2n) is 5.63. The first-order valence-corrected chi connectivity index (χ1v) is 6.43. The Labute approximate surface area is 112 Å². The van der Waals surface area contributed by atoms with Gasteiger partial charge in [-0.1, -0.05) is 6.07 Å². The van der Waals surface area contributed by atoms with E-state index in [9.17, 15) is 4.79 Å². The van der Waals surface area contributed by atoms with Crippen LogP contribution in [0.5, 0.6) is 11.5 Å². The van der Waals surface area contributed by atoms with Crippen molar-refractivity contribution < 1.29 is 14.3 Å². The highest BCUT2D eigenvalue weighted by atomic mass is 16.7. The predicted molar refractivity (Wildman–Crippen MR) is 69.8 cm³/mol. The number of carbonyl (C=O) groups excluding carboxylic acids is 1. The summed E-state index contributed by atoms with van der Waals surface area (Å²) in [4.78, 5) is 13.9. The van der Waals surface area contributed by atoms with Gasteiger partial charge in [-0.2, -0.15) is 0 Å². The topological polar surface area (TPSA) is 64.8 Å². The summed E-state index contributed by atoms with van der Waals surface area (Å²) >= 11 is 0. The number of benzene rings is 1. The molecule has 2 aliphatic rings. The molecule has 2 N–H and O–H groups in total. The lowest BCUT2D eigenvalue weighted by molar-refractivity contribution is -0.131. The van der Waals surface area contributed by atoms with Crippen molar-refractivity contribution in [3.8, 4) is 11.5 Å². The molecule has 0 aromatic heterocycles. The Kier molecular flexibility index (Phi) is 2.67. The van der Waals surface area contributed by atoms with Crippen LogP contribution in [0.15, 0.2) is 18.2 Å². The zero-order valence-corrected chi connectivity index (χ0v) is 11.2. The molecule has 1 saturated heterocycles. The van der Waals surface area contributed by atoms with Crippen molar-refractivity contribution in [1.29, 1.82) is 0 Å². The molecule has 19 heavy (non-hydrogen) atoms. The summed E-state index contributed by atoms with van der Waals surface area (Å²) in [6.45, 7) is 4.83. The number of likely N-dealkylation sites (tertiary alicyclic amines) is 1. The zero-order chi connectivity index (χ0) is 13.6. The van der Waals surface area contributed by atoms with E-state index in [1.165, 1.54) is 0 Å². The summed E-state index contributed by atoms with van der Waals surface area (Å²) < 4.78 is 10.6. The number of amides is 1. The number of carbonyl (C=O) groups is 1. The first-order valence-electron chi connectivity index (χ1n) is 6.43. The molecule has 1 atom stereocenters. The number of nitrogens with two attached hydrogens (primary N) is 1. The maximum Gasteiger partial charge on any atom is 0.231 e. The first kappa shape index (κ1) is 12.3. The van der Waals surface area contributed by atoms with Gasteiger partial charge in [-0.05, 0) is 31.5 Å². The number of nitrogens with zero attached hydrogens (tertiary/aromatic N) is 1. The summed E-state index contributed by atoms with van der Waals surface area (Å²) in [5, 5.41) is 0.